The SMILES string of the molecule is CCc1ccc(NS(=O)(=O)c2ccc3[nH]cc(C(=O)NC4CCC(C)CC4)c(=O)c3c2)cc1. The van der Waals surface area contributed by atoms with E-state index in [4.69, 9.17) is 0 Å². The summed E-state index contributed by atoms with van der Waals surface area (Å²) in [6.07, 6.45) is 6.14. The molecule has 8 heteroatoms. The molecular formula is C25H29N3O4S. The molecule has 1 amide bonds. The first-order chi connectivity index (χ1) is 15.8. The fourth-order valence-corrected chi connectivity index (χ4v) is 5.31. The number of pyridine rings is 1. The van der Waals surface area contributed by atoms with Crippen molar-refractivity contribution in [2.45, 2.75) is 56.9 Å². The largest absolute Gasteiger partial charge is 0.360 e. The molecule has 7 nitrogen and oxygen atoms in total. The lowest BCUT2D eigenvalue weighted by molar-refractivity contribution is 0.0921. The van der Waals surface area contributed by atoms with E-state index in [2.05, 4.69) is 21.9 Å². The van der Waals surface area contributed by atoms with E-state index >= 15 is 0 Å². The monoisotopic (exact) mass is 467 g/mol. The Kier molecular flexibility index (Phi) is 6.56. The number of sulfonamides is 1. The number of nitrogens with one attached hydrogen (secondary N) is 3. The molecule has 0 radical (unpaired) electrons. The molecule has 3 N–H and O–H groups in total. The van der Waals surface area contributed by atoms with Crippen LogP contribution in [0.1, 0.15) is 55.5 Å². The summed E-state index contributed by atoms with van der Waals surface area (Å²) in [7, 11) is -3.91. The number of rotatable bonds is 6. The van der Waals surface area contributed by atoms with Crippen molar-refractivity contribution in [1.82, 2.24) is 10.3 Å². The zero-order chi connectivity index (χ0) is 23.6. The molecule has 0 saturated heterocycles. The second kappa shape index (κ2) is 9.39. The Morgan fingerprint density at radius 2 is 1.76 bits per heavy atom. The lowest BCUT2D eigenvalue weighted by Crippen LogP contribution is -2.39. The zero-order valence-corrected chi connectivity index (χ0v) is 19.7. The Hall–Kier alpha value is -3.13. The quantitative estimate of drug-likeness (QED) is 0.505. The third kappa shape index (κ3) is 5.11. The summed E-state index contributed by atoms with van der Waals surface area (Å²) >= 11 is 0. The normalized spacial score (nSPS) is 18.7. The molecule has 3 aromatic rings. The summed E-state index contributed by atoms with van der Waals surface area (Å²) < 4.78 is 28.4. The van der Waals surface area contributed by atoms with Crippen LogP contribution in [0, 0.1) is 5.92 Å². The van der Waals surface area contributed by atoms with Gasteiger partial charge in [-0.15, -0.1) is 0 Å². The molecule has 33 heavy (non-hydrogen) atoms. The highest BCUT2D eigenvalue weighted by molar-refractivity contribution is 7.92. The lowest BCUT2D eigenvalue weighted by atomic mass is 9.87. The molecule has 2 aromatic carbocycles. The van der Waals surface area contributed by atoms with Crippen molar-refractivity contribution < 1.29 is 13.2 Å². The summed E-state index contributed by atoms with van der Waals surface area (Å²) in [6, 6.07) is 11.5. The number of anilines is 1. The average molecular weight is 468 g/mol. The molecule has 0 atom stereocenters. The minimum Gasteiger partial charge on any atom is -0.360 e. The van der Waals surface area contributed by atoms with Crippen LogP contribution in [0.2, 0.25) is 0 Å². The van der Waals surface area contributed by atoms with Crippen LogP contribution in [-0.2, 0) is 16.4 Å². The number of amides is 1. The molecule has 0 bridgehead atoms. The van der Waals surface area contributed by atoms with Crippen LogP contribution >= 0.6 is 0 Å². The predicted molar refractivity (Wildman–Crippen MR) is 130 cm³/mol. The first-order valence-corrected chi connectivity index (χ1v) is 12.8. The molecule has 1 aliphatic rings. The first kappa shape index (κ1) is 23.0. The van der Waals surface area contributed by atoms with Gasteiger partial charge in [-0.3, -0.25) is 14.3 Å². The van der Waals surface area contributed by atoms with Crippen LogP contribution in [0.25, 0.3) is 10.9 Å². The number of fused-ring (bicyclic) bond motifs is 1. The predicted octanol–water partition coefficient (Wildman–Crippen LogP) is 4.20. The summed E-state index contributed by atoms with van der Waals surface area (Å²) in [4.78, 5) is 28.8. The lowest BCUT2D eigenvalue weighted by Gasteiger charge is -2.26. The van der Waals surface area contributed by atoms with E-state index in [0.29, 0.717) is 17.1 Å². The Labute approximate surface area is 193 Å². The summed E-state index contributed by atoms with van der Waals surface area (Å²) in [5.41, 5.74) is 1.50. The number of hydrogen-bond acceptors (Lipinski definition) is 4. The standard InChI is InChI=1S/C25H29N3O4S/c1-3-17-6-10-19(11-7-17)28-33(31,32)20-12-13-23-21(14-20)24(29)22(15-26-23)25(30)27-18-8-4-16(2)5-9-18/h6-7,10-16,18,28H,3-5,8-9H2,1-2H3,(H,26,29)(H,27,30). The number of aromatic amines is 1. The fourth-order valence-electron chi connectivity index (χ4n) is 4.22. The Morgan fingerprint density at radius 1 is 1.06 bits per heavy atom. The van der Waals surface area contributed by atoms with E-state index in [0.717, 1.165) is 37.7 Å². The number of carbonyl (C=O) groups excluding carboxylic acids is 1. The number of benzene rings is 2. The van der Waals surface area contributed by atoms with Gasteiger partial charge in [-0.25, -0.2) is 8.42 Å². The summed E-state index contributed by atoms with van der Waals surface area (Å²) in [5, 5.41) is 3.12. The van der Waals surface area contributed by atoms with Crippen LogP contribution in [0.5, 0.6) is 0 Å². The Morgan fingerprint density at radius 3 is 2.42 bits per heavy atom. The van der Waals surface area contributed by atoms with E-state index < -0.39 is 21.4 Å². The summed E-state index contributed by atoms with van der Waals surface area (Å²) in [6.45, 7) is 4.22. The maximum absolute atomic E-state index is 13.1. The van der Waals surface area contributed by atoms with Crippen LogP contribution in [0.3, 0.4) is 0 Å². The van der Waals surface area contributed by atoms with Crippen molar-refractivity contribution in [2.24, 2.45) is 5.92 Å². The maximum Gasteiger partial charge on any atom is 0.261 e. The van der Waals surface area contributed by atoms with Crippen LogP contribution in [0.4, 0.5) is 5.69 Å². The van der Waals surface area contributed by atoms with Gasteiger partial charge in [-0.2, -0.15) is 0 Å². The molecule has 0 aliphatic heterocycles. The second-order valence-electron chi connectivity index (χ2n) is 8.83. The van der Waals surface area contributed by atoms with E-state index in [1.807, 2.05) is 19.1 Å². The smallest absolute Gasteiger partial charge is 0.261 e. The average Bonchev–Trinajstić information content (AvgIpc) is 2.81. The van der Waals surface area contributed by atoms with Crippen molar-refractivity contribution in [3.8, 4) is 0 Å². The molecule has 4 rings (SSSR count). The van der Waals surface area contributed by atoms with Gasteiger partial charge >= 0.3 is 0 Å². The summed E-state index contributed by atoms with van der Waals surface area (Å²) in [5.74, 6) is 0.223. The molecule has 1 heterocycles. The van der Waals surface area contributed by atoms with Crippen molar-refractivity contribution in [3.05, 3.63) is 70.0 Å². The van der Waals surface area contributed by atoms with Gasteiger partial charge in [0.2, 0.25) is 5.43 Å². The number of carbonyl (C=O) groups is 1. The van der Waals surface area contributed by atoms with Gasteiger partial charge in [0.25, 0.3) is 15.9 Å². The Balaban J connectivity index is 1.60. The number of aromatic nitrogens is 1. The van der Waals surface area contributed by atoms with Gasteiger partial charge in [0, 0.05) is 28.8 Å². The minimum absolute atomic E-state index is 0.0150. The molecule has 1 aliphatic carbocycles. The van der Waals surface area contributed by atoms with Gasteiger partial charge in [0.05, 0.1) is 4.90 Å². The van der Waals surface area contributed by atoms with E-state index in [9.17, 15) is 18.0 Å². The van der Waals surface area contributed by atoms with Crippen LogP contribution in [-0.4, -0.2) is 25.4 Å². The molecular weight excluding hydrogens is 438 g/mol. The minimum atomic E-state index is -3.91. The third-order valence-corrected chi connectivity index (χ3v) is 7.75. The second-order valence-corrected chi connectivity index (χ2v) is 10.5. The van der Waals surface area contributed by atoms with Gasteiger partial charge in [-0.1, -0.05) is 26.0 Å². The molecule has 0 unspecified atom stereocenters. The molecule has 0 spiro atoms. The van der Waals surface area contributed by atoms with Crippen molar-refractivity contribution in [3.63, 3.8) is 0 Å². The van der Waals surface area contributed by atoms with Crippen LogP contribution in [0.15, 0.2) is 58.4 Å². The number of H-pyrrole nitrogens is 1. The first-order valence-electron chi connectivity index (χ1n) is 11.3. The highest BCUT2D eigenvalue weighted by Gasteiger charge is 2.23. The number of aryl methyl sites for hydroxylation is 1. The molecule has 174 valence electrons. The van der Waals surface area contributed by atoms with Crippen molar-refractivity contribution >= 4 is 32.5 Å². The highest BCUT2D eigenvalue weighted by atomic mass is 32.2. The zero-order valence-electron chi connectivity index (χ0n) is 18.9. The maximum atomic E-state index is 13.1. The van der Waals surface area contributed by atoms with Gasteiger partial charge < -0.3 is 10.3 Å². The Bertz CT molecular complexity index is 1320. The van der Waals surface area contributed by atoms with E-state index in [1.165, 1.54) is 24.4 Å². The molecule has 1 saturated carbocycles. The number of hydrogen-bond donors (Lipinski definition) is 3. The fraction of sp³-hybridized carbons (Fsp3) is 0.360. The molecule has 1 aromatic heterocycles. The van der Waals surface area contributed by atoms with Gasteiger partial charge in [0.1, 0.15) is 5.56 Å². The third-order valence-electron chi connectivity index (χ3n) is 6.37. The van der Waals surface area contributed by atoms with Crippen molar-refractivity contribution in [1.29, 1.82) is 0 Å². The van der Waals surface area contributed by atoms with Crippen molar-refractivity contribution in [2.75, 3.05) is 4.72 Å². The van der Waals surface area contributed by atoms with E-state index in [1.54, 1.807) is 12.1 Å². The topological polar surface area (TPSA) is 108 Å². The van der Waals surface area contributed by atoms with Gasteiger partial charge in [0.15, 0.2) is 0 Å². The highest BCUT2D eigenvalue weighted by Crippen LogP contribution is 2.24. The van der Waals surface area contributed by atoms with Crippen LogP contribution < -0.4 is 15.5 Å². The van der Waals surface area contributed by atoms with Gasteiger partial charge in [-0.05, 0) is 73.9 Å². The van der Waals surface area contributed by atoms with E-state index in [-0.39, 0.29) is 21.9 Å². The molecule has 1 fully saturated rings.